The second-order valence-electron chi connectivity index (χ2n) is 7.25. The van der Waals surface area contributed by atoms with Crippen LogP contribution in [0, 0.1) is 5.82 Å². The second kappa shape index (κ2) is 7.97. The lowest BCUT2D eigenvalue weighted by Gasteiger charge is -2.36. The fraction of sp³-hybridized carbons (Fsp3) is 0.471. The Balaban J connectivity index is 1.93. The van der Waals surface area contributed by atoms with Gasteiger partial charge < -0.3 is 14.5 Å². The monoisotopic (exact) mass is 512 g/mol. The van der Waals surface area contributed by atoms with E-state index in [0.29, 0.717) is 32.0 Å². The molecule has 6 nitrogen and oxygen atoms in total. The van der Waals surface area contributed by atoms with Crippen LogP contribution in [0.3, 0.4) is 0 Å². The number of carbonyl (C=O) groups is 1. The van der Waals surface area contributed by atoms with Crippen LogP contribution in [0.25, 0.3) is 10.9 Å². The molecule has 1 saturated heterocycles. The molecule has 11 heteroatoms. The van der Waals surface area contributed by atoms with Gasteiger partial charge in [0.25, 0.3) is 0 Å². The van der Waals surface area contributed by atoms with Crippen molar-refractivity contribution in [1.82, 2.24) is 14.9 Å². The Bertz CT molecular complexity index is 947. The van der Waals surface area contributed by atoms with Gasteiger partial charge in [-0.05, 0) is 48.3 Å². The normalized spacial score (nSPS) is 15.3. The first-order valence-corrected chi connectivity index (χ1v) is 10.3. The first-order chi connectivity index (χ1) is 13.0. The van der Waals surface area contributed by atoms with Crippen molar-refractivity contribution in [3.05, 3.63) is 25.6 Å². The smallest absolute Gasteiger partial charge is 0.410 e. The number of anilines is 1. The molecule has 152 valence electrons. The van der Waals surface area contributed by atoms with E-state index in [1.165, 1.54) is 0 Å². The summed E-state index contributed by atoms with van der Waals surface area (Å²) < 4.78 is 20.1. The van der Waals surface area contributed by atoms with Crippen molar-refractivity contribution < 1.29 is 13.9 Å². The van der Waals surface area contributed by atoms with Crippen molar-refractivity contribution in [2.45, 2.75) is 26.4 Å². The highest BCUT2D eigenvalue weighted by Crippen LogP contribution is 2.42. The van der Waals surface area contributed by atoms with E-state index in [1.54, 1.807) is 4.90 Å². The van der Waals surface area contributed by atoms with Gasteiger partial charge in [-0.15, -0.1) is 0 Å². The average molecular weight is 515 g/mol. The lowest BCUT2D eigenvalue weighted by atomic mass is 10.2. The third-order valence-corrected chi connectivity index (χ3v) is 6.09. The Morgan fingerprint density at radius 3 is 2.29 bits per heavy atom. The largest absolute Gasteiger partial charge is 0.444 e. The zero-order chi connectivity index (χ0) is 20.8. The maximum absolute atomic E-state index is 14.7. The molecule has 28 heavy (non-hydrogen) atoms. The SMILES string of the molecule is CC(C)(C)OC(=O)N1CCN(c2nc(Cl)nc3c(F)c(Br)c(Cl)c(Cl)c23)CC1. The van der Waals surface area contributed by atoms with Crippen molar-refractivity contribution in [2.24, 2.45) is 0 Å². The molecule has 1 fully saturated rings. The predicted molar refractivity (Wildman–Crippen MR) is 112 cm³/mol. The van der Waals surface area contributed by atoms with Crippen LogP contribution in [0.2, 0.25) is 15.3 Å². The number of hydrogen-bond donors (Lipinski definition) is 0. The zero-order valence-corrected chi connectivity index (χ0v) is 19.2. The number of aromatic nitrogens is 2. The number of ether oxygens (including phenoxy) is 1. The van der Waals surface area contributed by atoms with Gasteiger partial charge in [-0.2, -0.15) is 4.98 Å². The molecule has 1 aliphatic heterocycles. The van der Waals surface area contributed by atoms with Gasteiger partial charge >= 0.3 is 6.09 Å². The molecular formula is C17H17BrCl3FN4O2. The van der Waals surface area contributed by atoms with Crippen molar-refractivity contribution in [2.75, 3.05) is 31.1 Å². The number of hydrogen-bond acceptors (Lipinski definition) is 5. The second-order valence-corrected chi connectivity index (χ2v) is 9.14. The van der Waals surface area contributed by atoms with E-state index in [-0.39, 0.29) is 36.8 Å². The van der Waals surface area contributed by atoms with Gasteiger partial charge in [-0.25, -0.2) is 14.2 Å². The van der Waals surface area contributed by atoms with Gasteiger partial charge in [0.15, 0.2) is 5.82 Å². The molecule has 0 atom stereocenters. The molecule has 2 heterocycles. The fourth-order valence-corrected chi connectivity index (χ4v) is 3.96. The van der Waals surface area contributed by atoms with Crippen molar-refractivity contribution in [1.29, 1.82) is 0 Å². The molecule has 0 unspecified atom stereocenters. The summed E-state index contributed by atoms with van der Waals surface area (Å²) in [6.07, 6.45) is -0.381. The van der Waals surface area contributed by atoms with E-state index in [0.717, 1.165) is 0 Å². The Morgan fingerprint density at radius 2 is 1.71 bits per heavy atom. The van der Waals surface area contributed by atoms with Gasteiger partial charge in [0.1, 0.15) is 16.9 Å². The minimum absolute atomic E-state index is 0.0159. The molecule has 3 rings (SSSR count). The molecule has 0 bridgehead atoms. The molecule has 0 spiro atoms. The molecule has 1 amide bonds. The summed E-state index contributed by atoms with van der Waals surface area (Å²) in [5, 5.41) is 0.334. The van der Waals surface area contributed by atoms with Crippen molar-refractivity contribution in [3.63, 3.8) is 0 Å². The summed E-state index contributed by atoms with van der Waals surface area (Å²) >= 11 is 21.6. The molecule has 1 aromatic carbocycles. The minimum Gasteiger partial charge on any atom is -0.444 e. The fourth-order valence-electron chi connectivity index (χ4n) is 2.85. The quantitative estimate of drug-likeness (QED) is 0.284. The summed E-state index contributed by atoms with van der Waals surface area (Å²) in [6.45, 7) is 7.13. The van der Waals surface area contributed by atoms with Crippen LogP contribution in [0.1, 0.15) is 20.8 Å². The first-order valence-electron chi connectivity index (χ1n) is 8.41. The van der Waals surface area contributed by atoms with Gasteiger partial charge in [-0.3, -0.25) is 0 Å². The summed E-state index contributed by atoms with van der Waals surface area (Å²) in [5.41, 5.74) is -0.592. The van der Waals surface area contributed by atoms with Crippen LogP contribution in [-0.2, 0) is 4.74 Å². The lowest BCUT2D eigenvalue weighted by molar-refractivity contribution is 0.0240. The summed E-state index contributed by atoms with van der Waals surface area (Å²) in [7, 11) is 0. The highest BCUT2D eigenvalue weighted by atomic mass is 79.9. The topological polar surface area (TPSA) is 58.6 Å². The average Bonchev–Trinajstić information content (AvgIpc) is 2.62. The Labute approximate surface area is 185 Å². The van der Waals surface area contributed by atoms with Crippen molar-refractivity contribution >= 4 is 73.5 Å². The number of amides is 1. The van der Waals surface area contributed by atoms with Crippen LogP contribution >= 0.6 is 50.7 Å². The van der Waals surface area contributed by atoms with Gasteiger partial charge in [-0.1, -0.05) is 23.2 Å². The summed E-state index contributed by atoms with van der Waals surface area (Å²) in [4.78, 5) is 23.9. The van der Waals surface area contributed by atoms with Gasteiger partial charge in [0.05, 0.1) is 19.9 Å². The lowest BCUT2D eigenvalue weighted by Crippen LogP contribution is -2.50. The number of benzene rings is 1. The minimum atomic E-state index is -0.664. The molecule has 2 aromatic rings. The molecule has 1 aliphatic rings. The number of piperazine rings is 1. The van der Waals surface area contributed by atoms with E-state index in [4.69, 9.17) is 39.5 Å². The highest BCUT2D eigenvalue weighted by molar-refractivity contribution is 9.10. The highest BCUT2D eigenvalue weighted by Gasteiger charge is 2.29. The van der Waals surface area contributed by atoms with E-state index >= 15 is 0 Å². The number of rotatable bonds is 1. The number of carbonyl (C=O) groups excluding carboxylic acids is 1. The van der Waals surface area contributed by atoms with Gasteiger partial charge in [0, 0.05) is 26.2 Å². The first kappa shape index (κ1) is 21.6. The third kappa shape index (κ3) is 4.25. The van der Waals surface area contributed by atoms with Crippen molar-refractivity contribution in [3.8, 4) is 0 Å². The molecule has 0 saturated carbocycles. The zero-order valence-electron chi connectivity index (χ0n) is 15.3. The molecule has 1 aromatic heterocycles. The van der Waals surface area contributed by atoms with Crippen LogP contribution in [-0.4, -0.2) is 52.7 Å². The van der Waals surface area contributed by atoms with Crippen LogP contribution in [0.15, 0.2) is 4.47 Å². The number of fused-ring (bicyclic) bond motifs is 1. The maximum Gasteiger partial charge on any atom is 0.410 e. The van der Waals surface area contributed by atoms with E-state index in [1.807, 2.05) is 25.7 Å². The standard InChI is InChI=1S/C17H17BrCl3FN4O2/c1-17(2,3)28-16(27)26-6-4-25(5-7-26)14-8-10(19)11(20)9(18)12(22)13(8)23-15(21)24-14/h4-7H2,1-3H3. The third-order valence-electron chi connectivity index (χ3n) is 4.10. The summed E-state index contributed by atoms with van der Waals surface area (Å²) in [6, 6.07) is 0. The van der Waals surface area contributed by atoms with Gasteiger partial charge in [0.2, 0.25) is 5.28 Å². The van der Waals surface area contributed by atoms with E-state index < -0.39 is 11.4 Å². The molecular weight excluding hydrogens is 497 g/mol. The molecule has 0 aliphatic carbocycles. The van der Waals surface area contributed by atoms with Crippen LogP contribution in [0.5, 0.6) is 0 Å². The Morgan fingerprint density at radius 1 is 1.11 bits per heavy atom. The van der Waals surface area contributed by atoms with E-state index in [9.17, 15) is 9.18 Å². The number of halogens is 5. The number of nitrogens with zero attached hydrogens (tertiary/aromatic N) is 4. The molecule has 0 N–H and O–H groups in total. The van der Waals surface area contributed by atoms with E-state index in [2.05, 4.69) is 25.9 Å². The van der Waals surface area contributed by atoms with Crippen LogP contribution < -0.4 is 4.90 Å². The predicted octanol–water partition coefficient (Wildman–Crippen LogP) is 5.55. The maximum atomic E-state index is 14.7. The summed E-state index contributed by atoms with van der Waals surface area (Å²) in [5.74, 6) is -0.292. The molecule has 0 radical (unpaired) electrons. The van der Waals surface area contributed by atoms with Crippen LogP contribution in [0.4, 0.5) is 15.0 Å². The Hall–Kier alpha value is -1.09. The Kier molecular flexibility index (Phi) is 6.15.